The molecule has 2 amide bonds. The summed E-state index contributed by atoms with van der Waals surface area (Å²) in [7, 11) is -3.30. The Labute approximate surface area is 141 Å². The van der Waals surface area contributed by atoms with Gasteiger partial charge in [0.15, 0.2) is 0 Å². The number of hydrogen-bond donors (Lipinski definition) is 2. The predicted molar refractivity (Wildman–Crippen MR) is 94.5 cm³/mol. The van der Waals surface area contributed by atoms with Crippen LogP contribution in [0.4, 0.5) is 16.2 Å². The second-order valence-corrected chi connectivity index (χ2v) is 7.57. The molecule has 0 radical (unpaired) electrons. The quantitative estimate of drug-likeness (QED) is 0.898. The first-order valence-corrected chi connectivity index (χ1v) is 9.50. The Hall–Kier alpha value is -2.54. The number of amides is 2. The minimum Gasteiger partial charge on any atom is -0.320 e. The van der Waals surface area contributed by atoms with Gasteiger partial charge in [-0.3, -0.25) is 4.72 Å². The van der Waals surface area contributed by atoms with Crippen molar-refractivity contribution in [3.8, 4) is 0 Å². The van der Waals surface area contributed by atoms with E-state index >= 15 is 0 Å². The van der Waals surface area contributed by atoms with Crippen LogP contribution in [-0.4, -0.2) is 32.1 Å². The molecule has 24 heavy (non-hydrogen) atoms. The van der Waals surface area contributed by atoms with Crippen LogP contribution in [-0.2, 0) is 23.0 Å². The van der Waals surface area contributed by atoms with Crippen molar-refractivity contribution in [2.24, 2.45) is 0 Å². The highest BCUT2D eigenvalue weighted by molar-refractivity contribution is 7.92. The van der Waals surface area contributed by atoms with E-state index in [1.54, 1.807) is 29.2 Å². The number of anilines is 2. The molecule has 0 atom stereocenters. The molecule has 0 saturated heterocycles. The summed E-state index contributed by atoms with van der Waals surface area (Å²) >= 11 is 0. The van der Waals surface area contributed by atoms with Crippen molar-refractivity contribution in [1.29, 1.82) is 0 Å². The first-order valence-electron chi connectivity index (χ1n) is 7.61. The van der Waals surface area contributed by atoms with Gasteiger partial charge in [-0.2, -0.15) is 0 Å². The summed E-state index contributed by atoms with van der Waals surface area (Å²) in [5.41, 5.74) is 3.55. The van der Waals surface area contributed by atoms with Crippen LogP contribution in [0.5, 0.6) is 0 Å². The number of nitrogens with one attached hydrogen (secondary N) is 2. The number of fused-ring (bicyclic) bond motifs is 1. The molecule has 2 aromatic carbocycles. The normalized spacial score (nSPS) is 14.0. The number of hydrogen-bond acceptors (Lipinski definition) is 3. The van der Waals surface area contributed by atoms with Crippen molar-refractivity contribution >= 4 is 27.4 Å². The van der Waals surface area contributed by atoms with Gasteiger partial charge in [-0.05, 0) is 41.8 Å². The fraction of sp³-hybridized carbons (Fsp3) is 0.235. The Morgan fingerprint density at radius 2 is 1.62 bits per heavy atom. The van der Waals surface area contributed by atoms with Crippen LogP contribution >= 0.6 is 0 Å². The summed E-state index contributed by atoms with van der Waals surface area (Å²) in [6, 6.07) is 14.5. The van der Waals surface area contributed by atoms with Crippen LogP contribution in [0.2, 0.25) is 0 Å². The Balaban J connectivity index is 1.63. The molecule has 1 aliphatic rings. The predicted octanol–water partition coefficient (Wildman–Crippen LogP) is 2.65. The molecule has 1 aliphatic heterocycles. The van der Waals surface area contributed by atoms with E-state index in [9.17, 15) is 13.2 Å². The van der Waals surface area contributed by atoms with Gasteiger partial charge in [-0.25, -0.2) is 13.2 Å². The van der Waals surface area contributed by atoms with Gasteiger partial charge in [-0.1, -0.05) is 24.3 Å². The zero-order valence-electron chi connectivity index (χ0n) is 13.3. The summed E-state index contributed by atoms with van der Waals surface area (Å²) in [5, 5.41) is 2.84. The van der Waals surface area contributed by atoms with Crippen molar-refractivity contribution in [2.75, 3.05) is 22.8 Å². The summed E-state index contributed by atoms with van der Waals surface area (Å²) in [6.45, 7) is 1.27. The van der Waals surface area contributed by atoms with E-state index in [4.69, 9.17) is 0 Å². The van der Waals surface area contributed by atoms with Crippen LogP contribution in [0.25, 0.3) is 0 Å². The highest BCUT2D eigenvalue weighted by atomic mass is 32.2. The SMILES string of the molecule is CS(=O)(=O)Nc1ccc(NC(=O)N2CCc3ccccc3C2)cc1. The zero-order valence-corrected chi connectivity index (χ0v) is 14.1. The molecule has 6 nitrogen and oxygen atoms in total. The van der Waals surface area contributed by atoms with Gasteiger partial charge >= 0.3 is 6.03 Å². The second kappa shape index (κ2) is 6.52. The number of urea groups is 1. The third-order valence-electron chi connectivity index (χ3n) is 3.86. The summed E-state index contributed by atoms with van der Waals surface area (Å²) in [6.07, 6.45) is 1.94. The Morgan fingerprint density at radius 1 is 1.00 bits per heavy atom. The Bertz CT molecular complexity index is 848. The molecule has 0 unspecified atom stereocenters. The van der Waals surface area contributed by atoms with E-state index < -0.39 is 10.0 Å². The second-order valence-electron chi connectivity index (χ2n) is 5.82. The van der Waals surface area contributed by atoms with Crippen molar-refractivity contribution in [3.63, 3.8) is 0 Å². The van der Waals surface area contributed by atoms with Crippen molar-refractivity contribution in [2.45, 2.75) is 13.0 Å². The van der Waals surface area contributed by atoms with Crippen LogP contribution in [0.3, 0.4) is 0 Å². The molecule has 0 saturated carbocycles. The molecule has 0 bridgehead atoms. The van der Waals surface area contributed by atoms with Crippen LogP contribution in [0, 0.1) is 0 Å². The smallest absolute Gasteiger partial charge is 0.320 e. The van der Waals surface area contributed by atoms with E-state index in [2.05, 4.69) is 16.1 Å². The molecule has 2 aromatic rings. The number of carbonyl (C=O) groups is 1. The molecule has 0 aromatic heterocycles. The van der Waals surface area contributed by atoms with Gasteiger partial charge in [0.1, 0.15) is 0 Å². The average molecular weight is 345 g/mol. The number of carbonyl (C=O) groups excluding carboxylic acids is 1. The zero-order chi connectivity index (χ0) is 17.2. The van der Waals surface area contributed by atoms with Crippen molar-refractivity contribution in [3.05, 3.63) is 59.7 Å². The lowest BCUT2D eigenvalue weighted by Crippen LogP contribution is -2.38. The first kappa shape index (κ1) is 16.3. The highest BCUT2D eigenvalue weighted by Gasteiger charge is 2.20. The molecule has 7 heteroatoms. The fourth-order valence-corrected chi connectivity index (χ4v) is 3.27. The topological polar surface area (TPSA) is 78.5 Å². The molecule has 0 aliphatic carbocycles. The number of rotatable bonds is 3. The van der Waals surface area contributed by atoms with Gasteiger partial charge in [0.2, 0.25) is 10.0 Å². The van der Waals surface area contributed by atoms with E-state index in [0.29, 0.717) is 24.5 Å². The van der Waals surface area contributed by atoms with E-state index in [0.717, 1.165) is 12.7 Å². The maximum atomic E-state index is 12.4. The number of sulfonamides is 1. The Kier molecular flexibility index (Phi) is 4.44. The monoisotopic (exact) mass is 345 g/mol. The molecular weight excluding hydrogens is 326 g/mol. The standard InChI is InChI=1S/C17H19N3O3S/c1-24(22,23)19-16-8-6-15(7-9-16)18-17(21)20-11-10-13-4-2-3-5-14(13)12-20/h2-9,19H,10-12H2,1H3,(H,18,21). The minimum atomic E-state index is -3.30. The van der Waals surface area contributed by atoms with Gasteiger partial charge in [0.05, 0.1) is 6.26 Å². The maximum absolute atomic E-state index is 12.4. The van der Waals surface area contributed by atoms with Crippen LogP contribution in [0.15, 0.2) is 48.5 Å². The minimum absolute atomic E-state index is 0.159. The van der Waals surface area contributed by atoms with Crippen LogP contribution in [0.1, 0.15) is 11.1 Å². The van der Waals surface area contributed by atoms with Gasteiger partial charge in [0.25, 0.3) is 0 Å². The summed E-state index contributed by atoms with van der Waals surface area (Å²) in [4.78, 5) is 14.2. The summed E-state index contributed by atoms with van der Waals surface area (Å²) in [5.74, 6) is 0. The molecule has 126 valence electrons. The van der Waals surface area contributed by atoms with E-state index in [-0.39, 0.29) is 6.03 Å². The molecule has 3 rings (SSSR count). The third kappa shape index (κ3) is 4.05. The molecule has 1 heterocycles. The lowest BCUT2D eigenvalue weighted by molar-refractivity contribution is 0.206. The fourth-order valence-electron chi connectivity index (χ4n) is 2.71. The largest absolute Gasteiger partial charge is 0.322 e. The van der Waals surface area contributed by atoms with E-state index in [1.807, 2.05) is 18.2 Å². The molecule has 0 spiro atoms. The van der Waals surface area contributed by atoms with Crippen LogP contribution < -0.4 is 10.0 Å². The van der Waals surface area contributed by atoms with Crippen molar-refractivity contribution in [1.82, 2.24) is 4.90 Å². The van der Waals surface area contributed by atoms with Gasteiger partial charge < -0.3 is 10.2 Å². The van der Waals surface area contributed by atoms with Gasteiger partial charge in [-0.15, -0.1) is 0 Å². The highest BCUT2D eigenvalue weighted by Crippen LogP contribution is 2.20. The lowest BCUT2D eigenvalue weighted by Gasteiger charge is -2.29. The summed E-state index contributed by atoms with van der Waals surface area (Å²) < 4.78 is 24.8. The number of benzene rings is 2. The lowest BCUT2D eigenvalue weighted by atomic mass is 10.0. The Morgan fingerprint density at radius 3 is 2.29 bits per heavy atom. The molecule has 0 fully saturated rings. The number of nitrogens with zero attached hydrogens (tertiary/aromatic N) is 1. The third-order valence-corrected chi connectivity index (χ3v) is 4.46. The first-order chi connectivity index (χ1) is 11.4. The molecular formula is C17H19N3O3S. The van der Waals surface area contributed by atoms with E-state index in [1.165, 1.54) is 11.1 Å². The van der Waals surface area contributed by atoms with Crippen molar-refractivity contribution < 1.29 is 13.2 Å². The maximum Gasteiger partial charge on any atom is 0.322 e. The molecule has 2 N–H and O–H groups in total. The average Bonchev–Trinajstić information content (AvgIpc) is 2.55. The van der Waals surface area contributed by atoms with Gasteiger partial charge in [0, 0.05) is 24.5 Å².